The summed E-state index contributed by atoms with van der Waals surface area (Å²) in [5.74, 6) is -0.465. The number of nitrogens with one attached hydrogen (secondary N) is 1. The Balaban J connectivity index is 1.33. The van der Waals surface area contributed by atoms with Crippen LogP contribution in [-0.4, -0.2) is 46.1 Å². The number of carbonyl (C=O) groups is 2. The second-order valence-electron chi connectivity index (χ2n) is 13.3. The van der Waals surface area contributed by atoms with Crippen LogP contribution >= 0.6 is 11.6 Å². The van der Waals surface area contributed by atoms with E-state index in [0.29, 0.717) is 44.3 Å². The van der Waals surface area contributed by atoms with E-state index >= 15 is 0 Å². The van der Waals surface area contributed by atoms with Crippen molar-refractivity contribution in [1.29, 1.82) is 0 Å². The molecule has 1 aliphatic carbocycles. The summed E-state index contributed by atoms with van der Waals surface area (Å²) in [6.45, 7) is 6.69. The molecule has 4 heterocycles. The van der Waals surface area contributed by atoms with Gasteiger partial charge in [-0.05, 0) is 53.7 Å². The zero-order valence-electron chi connectivity index (χ0n) is 25.9. The lowest BCUT2D eigenvalue weighted by atomic mass is 9.51. The number of hydrogen-bond acceptors (Lipinski definition) is 5. The van der Waals surface area contributed by atoms with Crippen LogP contribution in [0.5, 0.6) is 0 Å². The SMILES string of the molecule is COC(=O)/C=C\C12CC3C(Cc4c(n(COCc5ccccc5)c5cc(Cl)ccc45)C3(C)C)(CN1Cc1ccccc1)NC2=O. The Morgan fingerprint density at radius 1 is 1.04 bits per heavy atom. The lowest BCUT2D eigenvalue weighted by molar-refractivity contribution is -0.160. The standard InChI is InChI=1S/C37H38ClN3O4/c1-35(2)31-20-37(17-16-32(42)44-3)34(43)39-36(31,23-40(37)21-25-10-6-4-7-11-25)19-29-28-15-14-27(38)18-30(28)41(33(29)35)24-45-22-26-12-8-5-9-13-26/h4-18,31H,19-24H2,1-3H3,(H,39,43)/b17-16-. The molecule has 8 rings (SSSR count). The maximum Gasteiger partial charge on any atom is 0.330 e. The highest BCUT2D eigenvalue weighted by atomic mass is 35.5. The van der Waals surface area contributed by atoms with Gasteiger partial charge in [0.1, 0.15) is 12.3 Å². The molecule has 0 saturated carbocycles. The topological polar surface area (TPSA) is 72.8 Å². The quantitative estimate of drug-likeness (QED) is 0.188. The Bertz CT molecular complexity index is 1800. The van der Waals surface area contributed by atoms with E-state index in [9.17, 15) is 9.59 Å². The zero-order valence-corrected chi connectivity index (χ0v) is 26.6. The molecule has 1 aromatic heterocycles. The van der Waals surface area contributed by atoms with E-state index in [1.54, 1.807) is 6.08 Å². The average Bonchev–Trinajstić information content (AvgIpc) is 3.33. The Labute approximate surface area is 268 Å². The van der Waals surface area contributed by atoms with Crippen LogP contribution < -0.4 is 5.32 Å². The molecule has 45 heavy (non-hydrogen) atoms. The summed E-state index contributed by atoms with van der Waals surface area (Å²) in [5, 5.41) is 5.33. The molecule has 1 spiro atoms. The number of piperidine rings is 2. The second kappa shape index (κ2) is 11.2. The first kappa shape index (κ1) is 29.8. The van der Waals surface area contributed by atoms with Crippen molar-refractivity contribution in [3.8, 4) is 0 Å². The number of benzene rings is 3. The van der Waals surface area contributed by atoms with Crippen LogP contribution in [0.15, 0.2) is 91.0 Å². The van der Waals surface area contributed by atoms with E-state index in [1.165, 1.54) is 24.4 Å². The lowest BCUT2D eigenvalue weighted by Gasteiger charge is -2.66. The van der Waals surface area contributed by atoms with E-state index in [-0.39, 0.29) is 17.2 Å². The van der Waals surface area contributed by atoms with Gasteiger partial charge in [-0.2, -0.15) is 0 Å². The summed E-state index contributed by atoms with van der Waals surface area (Å²) >= 11 is 6.58. The number of methoxy groups -OCH3 is 1. The average molecular weight is 624 g/mol. The molecule has 0 radical (unpaired) electrons. The van der Waals surface area contributed by atoms with Crippen LogP contribution in [0.2, 0.25) is 5.02 Å². The summed E-state index contributed by atoms with van der Waals surface area (Å²) in [7, 11) is 1.36. The number of hydrogen-bond donors (Lipinski definition) is 1. The summed E-state index contributed by atoms with van der Waals surface area (Å²) in [6.07, 6.45) is 4.43. The van der Waals surface area contributed by atoms with Gasteiger partial charge in [-0.3, -0.25) is 9.69 Å². The lowest BCUT2D eigenvalue weighted by Crippen LogP contribution is -2.83. The van der Waals surface area contributed by atoms with Crippen LogP contribution in [0.25, 0.3) is 10.9 Å². The van der Waals surface area contributed by atoms with E-state index < -0.39 is 17.0 Å². The van der Waals surface area contributed by atoms with Gasteiger partial charge >= 0.3 is 5.97 Å². The van der Waals surface area contributed by atoms with Crippen molar-refractivity contribution < 1.29 is 19.1 Å². The molecular weight excluding hydrogens is 586 g/mol. The van der Waals surface area contributed by atoms with Crippen molar-refractivity contribution in [2.45, 2.75) is 63.1 Å². The summed E-state index contributed by atoms with van der Waals surface area (Å²) in [6, 6.07) is 26.5. The maximum atomic E-state index is 14.2. The predicted octanol–water partition coefficient (Wildman–Crippen LogP) is 6.16. The van der Waals surface area contributed by atoms with Gasteiger partial charge < -0.3 is 19.4 Å². The van der Waals surface area contributed by atoms with Gasteiger partial charge in [0, 0.05) is 40.7 Å². The zero-order chi connectivity index (χ0) is 31.4. The third kappa shape index (κ3) is 4.89. The molecule has 232 valence electrons. The summed E-state index contributed by atoms with van der Waals surface area (Å²) in [5.41, 5.74) is 3.86. The fraction of sp³-hybridized carbons (Fsp3) is 0.351. The van der Waals surface area contributed by atoms with E-state index in [2.05, 4.69) is 59.0 Å². The normalized spacial score (nSPS) is 25.2. The van der Waals surface area contributed by atoms with Crippen molar-refractivity contribution in [2.75, 3.05) is 13.7 Å². The van der Waals surface area contributed by atoms with Crippen LogP contribution in [0.3, 0.4) is 0 Å². The number of aromatic nitrogens is 1. The molecule has 3 atom stereocenters. The second-order valence-corrected chi connectivity index (χ2v) is 13.7. The van der Waals surface area contributed by atoms with Gasteiger partial charge in [0.25, 0.3) is 0 Å². The number of carbonyl (C=O) groups excluding carboxylic acids is 2. The van der Waals surface area contributed by atoms with Gasteiger partial charge in [-0.25, -0.2) is 4.79 Å². The minimum absolute atomic E-state index is 0.0710. The molecular formula is C37H38ClN3O4. The van der Waals surface area contributed by atoms with E-state index in [1.807, 2.05) is 48.5 Å². The van der Waals surface area contributed by atoms with Gasteiger partial charge in [0.2, 0.25) is 5.91 Å². The van der Waals surface area contributed by atoms with Crippen molar-refractivity contribution in [3.05, 3.63) is 118 Å². The molecule has 2 bridgehead atoms. The molecule has 8 heteroatoms. The first-order valence-electron chi connectivity index (χ1n) is 15.5. The molecule has 3 aromatic carbocycles. The number of halogens is 1. The Morgan fingerprint density at radius 2 is 1.76 bits per heavy atom. The van der Waals surface area contributed by atoms with Crippen LogP contribution in [0.1, 0.15) is 42.7 Å². The Morgan fingerprint density at radius 3 is 2.47 bits per heavy atom. The van der Waals surface area contributed by atoms with Gasteiger partial charge in [0.05, 0.1) is 24.8 Å². The molecule has 4 aromatic rings. The van der Waals surface area contributed by atoms with Gasteiger partial charge in [-0.1, -0.05) is 92.2 Å². The summed E-state index contributed by atoms with van der Waals surface area (Å²) in [4.78, 5) is 28.9. The molecule has 1 N–H and O–H groups in total. The minimum Gasteiger partial charge on any atom is -0.466 e. The number of fused-ring (bicyclic) bond motifs is 5. The van der Waals surface area contributed by atoms with E-state index in [0.717, 1.165) is 22.0 Å². The van der Waals surface area contributed by atoms with Crippen LogP contribution in [0, 0.1) is 5.92 Å². The number of amides is 1. The number of esters is 1. The molecule has 3 aliphatic heterocycles. The largest absolute Gasteiger partial charge is 0.466 e. The minimum atomic E-state index is -1.00. The Hall–Kier alpha value is -3.91. The van der Waals surface area contributed by atoms with Crippen LogP contribution in [-0.2, 0) is 50.8 Å². The molecule has 7 nitrogen and oxygen atoms in total. The molecule has 3 unspecified atom stereocenters. The van der Waals surface area contributed by atoms with Gasteiger partial charge in [-0.15, -0.1) is 0 Å². The third-order valence-electron chi connectivity index (χ3n) is 10.3. The molecule has 1 amide bonds. The molecule has 4 aliphatic rings. The smallest absolute Gasteiger partial charge is 0.330 e. The predicted molar refractivity (Wildman–Crippen MR) is 175 cm³/mol. The van der Waals surface area contributed by atoms with E-state index in [4.69, 9.17) is 21.1 Å². The highest BCUT2D eigenvalue weighted by Crippen LogP contribution is 2.58. The first-order chi connectivity index (χ1) is 21.7. The fourth-order valence-electron chi connectivity index (χ4n) is 8.37. The maximum absolute atomic E-state index is 14.2. The van der Waals surface area contributed by atoms with Crippen molar-refractivity contribution in [3.63, 3.8) is 0 Å². The number of rotatable bonds is 8. The monoisotopic (exact) mass is 623 g/mol. The Kier molecular flexibility index (Phi) is 7.39. The number of ether oxygens (including phenoxy) is 2. The van der Waals surface area contributed by atoms with Crippen LogP contribution in [0.4, 0.5) is 0 Å². The number of piperazine rings is 1. The number of nitrogens with zero attached hydrogens (tertiary/aromatic N) is 2. The fourth-order valence-corrected chi connectivity index (χ4v) is 8.54. The highest BCUT2D eigenvalue weighted by Gasteiger charge is 2.67. The summed E-state index contributed by atoms with van der Waals surface area (Å²) < 4.78 is 13.6. The van der Waals surface area contributed by atoms with Crippen molar-refractivity contribution >= 4 is 34.4 Å². The first-order valence-corrected chi connectivity index (χ1v) is 15.9. The molecule has 3 fully saturated rings. The van der Waals surface area contributed by atoms with Crippen molar-refractivity contribution in [2.24, 2.45) is 5.92 Å². The van der Waals surface area contributed by atoms with Crippen molar-refractivity contribution in [1.82, 2.24) is 14.8 Å². The molecule has 3 saturated heterocycles. The highest BCUT2D eigenvalue weighted by molar-refractivity contribution is 6.31. The third-order valence-corrected chi connectivity index (χ3v) is 10.6. The van der Waals surface area contributed by atoms with Gasteiger partial charge in [0.15, 0.2) is 0 Å².